The number of anilines is 1. The van der Waals surface area contributed by atoms with Gasteiger partial charge in [-0.15, -0.1) is 12.4 Å². The van der Waals surface area contributed by atoms with Gasteiger partial charge in [0.05, 0.1) is 0 Å². The summed E-state index contributed by atoms with van der Waals surface area (Å²) < 4.78 is 0. The molecule has 1 saturated heterocycles. The summed E-state index contributed by atoms with van der Waals surface area (Å²) >= 11 is 0. The molecule has 1 aliphatic heterocycles. The fourth-order valence-electron chi connectivity index (χ4n) is 2.13. The first-order valence-corrected chi connectivity index (χ1v) is 6.01. The first kappa shape index (κ1) is 14.2. The van der Waals surface area contributed by atoms with Gasteiger partial charge in [-0.3, -0.25) is 0 Å². The average molecular weight is 257 g/mol. The first-order valence-electron chi connectivity index (χ1n) is 6.01. The molecule has 2 rings (SSSR count). The summed E-state index contributed by atoms with van der Waals surface area (Å²) in [6.07, 6.45) is 2.50. The van der Waals surface area contributed by atoms with E-state index >= 15 is 0 Å². The van der Waals surface area contributed by atoms with Crippen molar-refractivity contribution in [3.8, 4) is 0 Å². The summed E-state index contributed by atoms with van der Waals surface area (Å²) in [5, 5.41) is 6.72. The highest BCUT2D eigenvalue weighted by Gasteiger charge is 2.12. The molecule has 0 amide bonds. The molecule has 2 N–H and O–H groups in total. The van der Waals surface area contributed by atoms with E-state index in [2.05, 4.69) is 20.6 Å². The number of hydrogen-bond acceptors (Lipinski definition) is 4. The Morgan fingerprint density at radius 2 is 1.82 bits per heavy atom. The molecule has 0 radical (unpaired) electrons. The lowest BCUT2D eigenvalue weighted by atomic mass is 9.98. The van der Waals surface area contributed by atoms with Crippen molar-refractivity contribution >= 4 is 18.4 Å². The molecule has 0 saturated carbocycles. The summed E-state index contributed by atoms with van der Waals surface area (Å²) in [5.74, 6) is 1.53. The first-order chi connectivity index (χ1) is 7.74. The predicted octanol–water partition coefficient (Wildman–Crippen LogP) is 1.93. The molecule has 5 heteroatoms. The van der Waals surface area contributed by atoms with Crippen molar-refractivity contribution in [2.24, 2.45) is 5.92 Å². The fraction of sp³-hybridized carbons (Fsp3) is 0.667. The standard InChI is InChI=1S/C12H20N4.ClH/c1-9-7-10(2)16-12(15-9)14-8-11-3-5-13-6-4-11;/h7,11,13H,3-6,8H2,1-2H3,(H,14,15,16);1H. The number of nitrogens with one attached hydrogen (secondary N) is 2. The van der Waals surface area contributed by atoms with Crippen molar-refractivity contribution in [3.63, 3.8) is 0 Å². The highest BCUT2D eigenvalue weighted by Crippen LogP contribution is 2.12. The van der Waals surface area contributed by atoms with E-state index in [9.17, 15) is 0 Å². The van der Waals surface area contributed by atoms with Crippen LogP contribution < -0.4 is 10.6 Å². The van der Waals surface area contributed by atoms with Crippen LogP contribution in [0.5, 0.6) is 0 Å². The largest absolute Gasteiger partial charge is 0.354 e. The lowest BCUT2D eigenvalue weighted by Gasteiger charge is -2.22. The quantitative estimate of drug-likeness (QED) is 0.868. The zero-order chi connectivity index (χ0) is 11.4. The van der Waals surface area contributed by atoms with Gasteiger partial charge in [0.15, 0.2) is 0 Å². The Hall–Kier alpha value is -0.870. The Labute approximate surface area is 109 Å². The number of aromatic nitrogens is 2. The summed E-state index contributed by atoms with van der Waals surface area (Å²) in [5.41, 5.74) is 2.06. The molecule has 4 nitrogen and oxygen atoms in total. The molecule has 2 heterocycles. The highest BCUT2D eigenvalue weighted by molar-refractivity contribution is 5.85. The normalized spacial score (nSPS) is 16.4. The molecule has 1 aromatic heterocycles. The van der Waals surface area contributed by atoms with Crippen molar-refractivity contribution in [2.75, 3.05) is 25.0 Å². The number of hydrogen-bond donors (Lipinski definition) is 2. The van der Waals surface area contributed by atoms with Gasteiger partial charge in [0.2, 0.25) is 5.95 Å². The van der Waals surface area contributed by atoms with Gasteiger partial charge >= 0.3 is 0 Å². The van der Waals surface area contributed by atoms with Gasteiger partial charge in [0.1, 0.15) is 0 Å². The van der Waals surface area contributed by atoms with Crippen LogP contribution in [0.3, 0.4) is 0 Å². The molecule has 96 valence electrons. The summed E-state index contributed by atoms with van der Waals surface area (Å²) in [6, 6.07) is 2.00. The Morgan fingerprint density at radius 3 is 2.41 bits per heavy atom. The van der Waals surface area contributed by atoms with Crippen molar-refractivity contribution in [1.29, 1.82) is 0 Å². The number of piperidine rings is 1. The van der Waals surface area contributed by atoms with E-state index in [0.717, 1.165) is 42.9 Å². The molecule has 0 spiro atoms. The van der Waals surface area contributed by atoms with E-state index in [1.54, 1.807) is 0 Å². The van der Waals surface area contributed by atoms with Gasteiger partial charge in [0.25, 0.3) is 0 Å². The number of aryl methyl sites for hydroxylation is 2. The van der Waals surface area contributed by atoms with Crippen molar-refractivity contribution in [1.82, 2.24) is 15.3 Å². The zero-order valence-corrected chi connectivity index (χ0v) is 11.3. The molecule has 0 unspecified atom stereocenters. The Bertz CT molecular complexity index is 330. The monoisotopic (exact) mass is 256 g/mol. The number of nitrogens with zero attached hydrogens (tertiary/aromatic N) is 2. The lowest BCUT2D eigenvalue weighted by molar-refractivity contribution is 0.389. The topological polar surface area (TPSA) is 49.8 Å². The maximum atomic E-state index is 4.38. The second kappa shape index (κ2) is 6.77. The van der Waals surface area contributed by atoms with Gasteiger partial charge in [-0.1, -0.05) is 0 Å². The van der Waals surface area contributed by atoms with Gasteiger partial charge in [-0.2, -0.15) is 0 Å². The molecule has 0 atom stereocenters. The second-order valence-corrected chi connectivity index (χ2v) is 4.55. The average Bonchev–Trinajstić information content (AvgIpc) is 2.27. The zero-order valence-electron chi connectivity index (χ0n) is 10.5. The van der Waals surface area contributed by atoms with Crippen LogP contribution in [0.25, 0.3) is 0 Å². The third-order valence-electron chi connectivity index (χ3n) is 2.99. The van der Waals surface area contributed by atoms with E-state index in [4.69, 9.17) is 0 Å². The van der Waals surface area contributed by atoms with Crippen LogP contribution in [0.2, 0.25) is 0 Å². The summed E-state index contributed by atoms with van der Waals surface area (Å²) in [4.78, 5) is 8.76. The summed E-state index contributed by atoms with van der Waals surface area (Å²) in [7, 11) is 0. The smallest absolute Gasteiger partial charge is 0.223 e. The molecular weight excluding hydrogens is 236 g/mol. The highest BCUT2D eigenvalue weighted by atomic mass is 35.5. The van der Waals surface area contributed by atoms with Crippen LogP contribution in [0.4, 0.5) is 5.95 Å². The van der Waals surface area contributed by atoms with Crippen molar-refractivity contribution in [2.45, 2.75) is 26.7 Å². The van der Waals surface area contributed by atoms with Crippen LogP contribution >= 0.6 is 12.4 Å². The Morgan fingerprint density at radius 1 is 1.24 bits per heavy atom. The van der Waals surface area contributed by atoms with E-state index in [1.807, 2.05) is 19.9 Å². The van der Waals surface area contributed by atoms with Gasteiger partial charge in [0, 0.05) is 17.9 Å². The van der Waals surface area contributed by atoms with Crippen LogP contribution in [0.1, 0.15) is 24.2 Å². The molecule has 1 aromatic rings. The molecular formula is C12H21ClN4. The molecule has 0 aromatic carbocycles. The van der Waals surface area contributed by atoms with Gasteiger partial charge in [-0.05, 0) is 51.8 Å². The summed E-state index contributed by atoms with van der Waals surface area (Å²) in [6.45, 7) is 7.28. The minimum absolute atomic E-state index is 0. The third kappa shape index (κ3) is 4.48. The minimum atomic E-state index is 0. The Balaban J connectivity index is 0.00000144. The van der Waals surface area contributed by atoms with Gasteiger partial charge < -0.3 is 10.6 Å². The number of rotatable bonds is 3. The van der Waals surface area contributed by atoms with E-state index < -0.39 is 0 Å². The maximum Gasteiger partial charge on any atom is 0.223 e. The van der Waals surface area contributed by atoms with E-state index in [1.165, 1.54) is 12.8 Å². The maximum absolute atomic E-state index is 4.38. The SMILES string of the molecule is Cc1cc(C)nc(NCC2CCNCC2)n1.Cl. The lowest BCUT2D eigenvalue weighted by Crippen LogP contribution is -2.31. The van der Waals surface area contributed by atoms with Crippen molar-refractivity contribution < 1.29 is 0 Å². The van der Waals surface area contributed by atoms with Crippen LogP contribution in [0, 0.1) is 19.8 Å². The van der Waals surface area contributed by atoms with Crippen LogP contribution in [-0.4, -0.2) is 29.6 Å². The number of halogens is 1. The van der Waals surface area contributed by atoms with Crippen LogP contribution in [-0.2, 0) is 0 Å². The molecule has 17 heavy (non-hydrogen) atoms. The molecule has 0 aliphatic carbocycles. The Kier molecular flexibility index (Phi) is 5.65. The third-order valence-corrected chi connectivity index (χ3v) is 2.99. The predicted molar refractivity (Wildman–Crippen MR) is 72.8 cm³/mol. The van der Waals surface area contributed by atoms with Crippen molar-refractivity contribution in [3.05, 3.63) is 17.5 Å². The second-order valence-electron chi connectivity index (χ2n) is 4.55. The minimum Gasteiger partial charge on any atom is -0.354 e. The van der Waals surface area contributed by atoms with Crippen LogP contribution in [0.15, 0.2) is 6.07 Å². The molecule has 1 fully saturated rings. The van der Waals surface area contributed by atoms with E-state index in [0.29, 0.717) is 0 Å². The molecule has 0 bridgehead atoms. The van der Waals surface area contributed by atoms with Gasteiger partial charge in [-0.25, -0.2) is 9.97 Å². The molecule has 1 aliphatic rings. The van der Waals surface area contributed by atoms with E-state index in [-0.39, 0.29) is 12.4 Å². The fourth-order valence-corrected chi connectivity index (χ4v) is 2.13.